The lowest BCUT2D eigenvalue weighted by Gasteiger charge is -2.42. The first-order chi connectivity index (χ1) is 16.3. The molecule has 1 amide bonds. The molecule has 1 spiro atoms. The monoisotopic (exact) mass is 469 g/mol. The second-order valence-corrected chi connectivity index (χ2v) is 9.15. The van der Waals surface area contributed by atoms with Crippen LogP contribution in [0, 0.1) is 12.3 Å². The van der Waals surface area contributed by atoms with Crippen molar-refractivity contribution >= 4 is 11.9 Å². The number of aliphatic hydroxyl groups is 2. The maximum Gasteiger partial charge on any atom is 0.336 e. The number of amides is 1. The first-order valence-electron chi connectivity index (χ1n) is 11.3. The maximum atomic E-state index is 13.3. The summed E-state index contributed by atoms with van der Waals surface area (Å²) in [5, 5.41) is 32.9. The van der Waals surface area contributed by atoms with Crippen LogP contribution in [-0.4, -0.2) is 96.0 Å². The van der Waals surface area contributed by atoms with Gasteiger partial charge in [0.1, 0.15) is 12.9 Å². The molecule has 12 nitrogen and oxygen atoms in total. The van der Waals surface area contributed by atoms with E-state index in [0.717, 1.165) is 0 Å². The van der Waals surface area contributed by atoms with Crippen LogP contribution in [0.2, 0.25) is 0 Å². The summed E-state index contributed by atoms with van der Waals surface area (Å²) in [6.45, 7) is 5.18. The van der Waals surface area contributed by atoms with Crippen LogP contribution in [0.25, 0.3) is 5.82 Å². The fourth-order valence-corrected chi connectivity index (χ4v) is 5.18. The fraction of sp³-hybridized carbons (Fsp3) is 0.545. The van der Waals surface area contributed by atoms with Gasteiger partial charge in [0.2, 0.25) is 5.91 Å². The van der Waals surface area contributed by atoms with E-state index in [1.165, 1.54) is 11.0 Å². The molecule has 0 saturated carbocycles. The Morgan fingerprint density at radius 2 is 2.03 bits per heavy atom. The highest BCUT2D eigenvalue weighted by Crippen LogP contribution is 2.44. The topological polar surface area (TPSA) is 147 Å². The standard InChI is InChI=1S/C22H27N7O5/c1-13-16(11-34-20(13)32)28-8-6-22(21(28)33)5-7-27(10-18(22)31)9-17(30)15-3-4-19(24-14(15)2)29-12-23-25-26-29/h3-4,12,17-18,30-31H,5-11H2,1-2H3. The minimum absolute atomic E-state index is 0.0977. The van der Waals surface area contributed by atoms with Crippen molar-refractivity contribution in [3.8, 4) is 5.82 Å². The molecule has 2 aromatic heterocycles. The van der Waals surface area contributed by atoms with E-state index in [1.807, 2.05) is 11.8 Å². The molecular weight excluding hydrogens is 442 g/mol. The molecule has 2 N–H and O–H groups in total. The highest BCUT2D eigenvalue weighted by molar-refractivity contribution is 5.94. The third kappa shape index (κ3) is 3.67. The van der Waals surface area contributed by atoms with E-state index in [-0.39, 0.29) is 19.1 Å². The number of carbonyl (C=O) groups excluding carboxylic acids is 2. The first kappa shape index (κ1) is 22.6. The third-order valence-electron chi connectivity index (χ3n) is 7.29. The fourth-order valence-electron chi connectivity index (χ4n) is 5.18. The number of β-amino-alcohol motifs (C(OH)–C–C–N with tert-alkyl or cyclic N) is 2. The van der Waals surface area contributed by atoms with Gasteiger partial charge >= 0.3 is 5.97 Å². The molecule has 12 heteroatoms. The van der Waals surface area contributed by atoms with Crippen LogP contribution in [0.1, 0.15) is 37.1 Å². The summed E-state index contributed by atoms with van der Waals surface area (Å²) >= 11 is 0. The molecule has 5 heterocycles. The van der Waals surface area contributed by atoms with E-state index in [1.54, 1.807) is 24.0 Å². The average Bonchev–Trinajstić information content (AvgIpc) is 3.53. The molecule has 3 aliphatic heterocycles. The van der Waals surface area contributed by atoms with Crippen LogP contribution in [0.5, 0.6) is 0 Å². The van der Waals surface area contributed by atoms with Gasteiger partial charge in [-0.15, -0.1) is 5.10 Å². The van der Waals surface area contributed by atoms with Crippen molar-refractivity contribution in [2.24, 2.45) is 5.41 Å². The number of carbonyl (C=O) groups is 2. The molecule has 0 aromatic carbocycles. The Morgan fingerprint density at radius 3 is 2.68 bits per heavy atom. The minimum atomic E-state index is -0.870. The maximum absolute atomic E-state index is 13.3. The highest BCUT2D eigenvalue weighted by atomic mass is 16.5. The summed E-state index contributed by atoms with van der Waals surface area (Å²) in [5.74, 6) is 0.00719. The lowest BCUT2D eigenvalue weighted by atomic mass is 9.74. The van der Waals surface area contributed by atoms with Crippen LogP contribution in [-0.2, 0) is 14.3 Å². The number of hydrogen-bond donors (Lipinski definition) is 2. The van der Waals surface area contributed by atoms with Gasteiger partial charge in [-0.2, -0.15) is 4.68 Å². The zero-order valence-corrected chi connectivity index (χ0v) is 19.1. The van der Waals surface area contributed by atoms with Crippen LogP contribution >= 0.6 is 0 Å². The van der Waals surface area contributed by atoms with Crippen LogP contribution in [0.4, 0.5) is 0 Å². The number of cyclic esters (lactones) is 1. The number of rotatable bonds is 5. The van der Waals surface area contributed by atoms with Gasteiger partial charge in [-0.05, 0) is 49.7 Å². The third-order valence-corrected chi connectivity index (χ3v) is 7.29. The SMILES string of the molecule is CC1=C(N2CCC3(CCN(CC(O)c4ccc(-n5cnnn5)nc4C)CC3O)C2=O)COC1=O. The molecule has 0 aliphatic carbocycles. The molecule has 2 fully saturated rings. The number of hydrogen-bond acceptors (Lipinski definition) is 10. The number of pyridine rings is 1. The van der Waals surface area contributed by atoms with Crippen LogP contribution in [0.15, 0.2) is 29.7 Å². The Labute approximate surface area is 195 Å². The molecular formula is C22H27N7O5. The van der Waals surface area contributed by atoms with Crippen LogP contribution < -0.4 is 0 Å². The van der Waals surface area contributed by atoms with E-state index in [4.69, 9.17) is 4.74 Å². The molecule has 180 valence electrons. The summed E-state index contributed by atoms with van der Waals surface area (Å²) in [7, 11) is 0. The lowest BCUT2D eigenvalue weighted by molar-refractivity contribution is -0.146. The van der Waals surface area contributed by atoms with Gasteiger partial charge in [-0.25, -0.2) is 9.78 Å². The minimum Gasteiger partial charge on any atom is -0.456 e. The molecule has 3 atom stereocenters. The number of nitrogens with zero attached hydrogens (tertiary/aromatic N) is 7. The molecule has 2 saturated heterocycles. The van der Waals surface area contributed by atoms with Crippen molar-refractivity contribution < 1.29 is 24.5 Å². The molecule has 2 aromatic rings. The predicted octanol–water partition coefficient (Wildman–Crippen LogP) is -0.485. The summed E-state index contributed by atoms with van der Waals surface area (Å²) in [6.07, 6.45) is 0.778. The Morgan fingerprint density at radius 1 is 1.24 bits per heavy atom. The average molecular weight is 470 g/mol. The predicted molar refractivity (Wildman–Crippen MR) is 116 cm³/mol. The summed E-state index contributed by atoms with van der Waals surface area (Å²) in [6, 6.07) is 3.53. The van der Waals surface area contributed by atoms with E-state index in [2.05, 4.69) is 20.5 Å². The number of aryl methyl sites for hydroxylation is 1. The number of esters is 1. The summed E-state index contributed by atoms with van der Waals surface area (Å²) < 4.78 is 6.50. The normalized spacial score (nSPS) is 26.6. The Balaban J connectivity index is 1.24. The molecule has 3 aliphatic rings. The number of likely N-dealkylation sites (tertiary alicyclic amines) is 2. The van der Waals surface area contributed by atoms with Gasteiger partial charge in [0.15, 0.2) is 5.82 Å². The Bertz CT molecular complexity index is 1150. The number of aliphatic hydroxyl groups excluding tert-OH is 2. The van der Waals surface area contributed by atoms with Crippen molar-refractivity contribution in [1.82, 2.24) is 35.0 Å². The highest BCUT2D eigenvalue weighted by Gasteiger charge is 2.55. The van der Waals surface area contributed by atoms with E-state index in [0.29, 0.717) is 60.8 Å². The zero-order chi connectivity index (χ0) is 24.0. The van der Waals surface area contributed by atoms with Crippen molar-refractivity contribution in [3.05, 3.63) is 41.0 Å². The van der Waals surface area contributed by atoms with Crippen molar-refractivity contribution in [2.75, 3.05) is 32.8 Å². The smallest absolute Gasteiger partial charge is 0.336 e. The number of ether oxygens (including phenoxy) is 1. The number of aromatic nitrogens is 5. The molecule has 0 bridgehead atoms. The van der Waals surface area contributed by atoms with Gasteiger partial charge < -0.3 is 19.8 Å². The molecule has 5 rings (SSSR count). The first-order valence-corrected chi connectivity index (χ1v) is 11.3. The van der Waals surface area contributed by atoms with E-state index in [9.17, 15) is 19.8 Å². The molecule has 34 heavy (non-hydrogen) atoms. The zero-order valence-electron chi connectivity index (χ0n) is 19.1. The van der Waals surface area contributed by atoms with Crippen LogP contribution in [0.3, 0.4) is 0 Å². The van der Waals surface area contributed by atoms with E-state index >= 15 is 0 Å². The van der Waals surface area contributed by atoms with Crippen molar-refractivity contribution in [2.45, 2.75) is 38.9 Å². The van der Waals surface area contributed by atoms with Gasteiger partial charge in [0.25, 0.3) is 0 Å². The van der Waals surface area contributed by atoms with E-state index < -0.39 is 23.6 Å². The van der Waals surface area contributed by atoms with Gasteiger partial charge in [-0.1, -0.05) is 6.07 Å². The summed E-state index contributed by atoms with van der Waals surface area (Å²) in [4.78, 5) is 33.1. The van der Waals surface area contributed by atoms with Gasteiger partial charge in [-0.3, -0.25) is 9.69 Å². The van der Waals surface area contributed by atoms with Gasteiger partial charge in [0, 0.05) is 30.9 Å². The second kappa shape index (κ2) is 8.53. The summed E-state index contributed by atoms with van der Waals surface area (Å²) in [5.41, 5.74) is 1.53. The van der Waals surface area contributed by atoms with Crippen molar-refractivity contribution in [1.29, 1.82) is 0 Å². The Hall–Kier alpha value is -3.22. The number of tetrazole rings is 1. The quantitative estimate of drug-likeness (QED) is 0.550. The lowest BCUT2D eigenvalue weighted by Crippen LogP contribution is -2.55. The molecule has 3 unspecified atom stereocenters. The largest absolute Gasteiger partial charge is 0.456 e. The second-order valence-electron chi connectivity index (χ2n) is 9.15. The van der Waals surface area contributed by atoms with Gasteiger partial charge in [0.05, 0.1) is 28.9 Å². The number of piperidine rings is 1. The van der Waals surface area contributed by atoms with Crippen molar-refractivity contribution in [3.63, 3.8) is 0 Å². The molecule has 0 radical (unpaired) electrons. The Kier molecular flexibility index (Phi) is 5.66.